The fourth-order valence-electron chi connectivity index (χ4n) is 3.57. The third kappa shape index (κ3) is 4.76. The van der Waals surface area contributed by atoms with Gasteiger partial charge in [0.05, 0.1) is 6.61 Å². The van der Waals surface area contributed by atoms with Crippen LogP contribution < -0.4 is 4.74 Å². The Labute approximate surface area is 159 Å². The van der Waals surface area contributed by atoms with Crippen LogP contribution in [0.3, 0.4) is 0 Å². The largest absolute Gasteiger partial charge is 0.494 e. The van der Waals surface area contributed by atoms with E-state index in [0.717, 1.165) is 43.1 Å². The van der Waals surface area contributed by atoms with Gasteiger partial charge in [-0.2, -0.15) is 0 Å². The number of aromatic amines is 1. The zero-order chi connectivity index (χ0) is 19.2. The topological polar surface area (TPSA) is 75.3 Å². The molecule has 0 unspecified atom stereocenters. The van der Waals surface area contributed by atoms with Gasteiger partial charge in [0.15, 0.2) is 5.78 Å². The number of hydrogen-bond acceptors (Lipinski definition) is 4. The summed E-state index contributed by atoms with van der Waals surface area (Å²) in [5.74, 6) is 2.24. The molecule has 1 aliphatic rings. The van der Waals surface area contributed by atoms with Gasteiger partial charge in [-0.05, 0) is 50.5 Å². The number of aryl methyl sites for hydroxylation is 1. The van der Waals surface area contributed by atoms with Crippen LogP contribution in [0.1, 0.15) is 60.3 Å². The lowest BCUT2D eigenvalue weighted by atomic mass is 9.95. The van der Waals surface area contributed by atoms with Crippen molar-refractivity contribution in [2.24, 2.45) is 0 Å². The molecule has 1 saturated heterocycles. The van der Waals surface area contributed by atoms with Crippen molar-refractivity contribution in [3.63, 3.8) is 0 Å². The van der Waals surface area contributed by atoms with Crippen LogP contribution in [0.2, 0.25) is 0 Å². The normalized spacial score (nSPS) is 15.0. The van der Waals surface area contributed by atoms with Gasteiger partial charge in [-0.15, -0.1) is 0 Å². The van der Waals surface area contributed by atoms with E-state index in [2.05, 4.69) is 9.97 Å². The average molecular weight is 369 g/mol. The van der Waals surface area contributed by atoms with Gasteiger partial charge in [-0.3, -0.25) is 9.59 Å². The van der Waals surface area contributed by atoms with Gasteiger partial charge in [0.2, 0.25) is 5.91 Å². The molecular weight excluding hydrogens is 342 g/mol. The first kappa shape index (κ1) is 19.1. The number of H-pyrrole nitrogens is 1. The monoisotopic (exact) mass is 369 g/mol. The molecule has 0 atom stereocenters. The van der Waals surface area contributed by atoms with E-state index in [1.165, 1.54) is 0 Å². The van der Waals surface area contributed by atoms with Crippen molar-refractivity contribution < 1.29 is 14.3 Å². The van der Waals surface area contributed by atoms with Gasteiger partial charge in [-0.1, -0.05) is 0 Å². The molecule has 1 aromatic heterocycles. The molecule has 1 aliphatic heterocycles. The van der Waals surface area contributed by atoms with Crippen molar-refractivity contribution in [3.05, 3.63) is 47.5 Å². The molecule has 1 N–H and O–H groups in total. The lowest BCUT2D eigenvalue weighted by Crippen LogP contribution is -2.38. The van der Waals surface area contributed by atoms with Crippen LogP contribution in [0.25, 0.3) is 0 Å². The maximum Gasteiger partial charge on any atom is 0.223 e. The molecule has 6 heteroatoms. The highest BCUT2D eigenvalue weighted by Gasteiger charge is 2.25. The maximum absolute atomic E-state index is 12.5. The van der Waals surface area contributed by atoms with Crippen LogP contribution in [0, 0.1) is 6.92 Å². The summed E-state index contributed by atoms with van der Waals surface area (Å²) < 4.78 is 5.51. The molecule has 3 rings (SSSR count). The Morgan fingerprint density at radius 3 is 2.67 bits per heavy atom. The standard InChI is InChI=1S/C21H27N3O3/c1-3-27-19-6-4-17(14-15(19)2)18(25)5-7-20(26)24-12-8-16(9-13-24)21-22-10-11-23-21/h4,6,10-11,14,16H,3,5,7-9,12-13H2,1-2H3,(H,22,23). The summed E-state index contributed by atoms with van der Waals surface area (Å²) in [6, 6.07) is 5.44. The molecule has 27 heavy (non-hydrogen) atoms. The first-order valence-corrected chi connectivity index (χ1v) is 9.62. The molecule has 0 spiro atoms. The summed E-state index contributed by atoms with van der Waals surface area (Å²) in [6.45, 7) is 5.90. The summed E-state index contributed by atoms with van der Waals surface area (Å²) in [4.78, 5) is 34.2. The molecule has 1 amide bonds. The van der Waals surface area contributed by atoms with E-state index in [0.29, 0.717) is 18.1 Å². The van der Waals surface area contributed by atoms with Crippen molar-refractivity contribution in [2.45, 2.75) is 45.4 Å². The molecule has 2 heterocycles. The van der Waals surface area contributed by atoms with Gasteiger partial charge < -0.3 is 14.6 Å². The van der Waals surface area contributed by atoms with Crippen molar-refractivity contribution in [1.29, 1.82) is 0 Å². The highest BCUT2D eigenvalue weighted by atomic mass is 16.5. The number of carbonyl (C=O) groups is 2. The molecule has 0 radical (unpaired) electrons. The lowest BCUT2D eigenvalue weighted by molar-refractivity contribution is -0.132. The summed E-state index contributed by atoms with van der Waals surface area (Å²) in [5.41, 5.74) is 1.58. The second-order valence-corrected chi connectivity index (χ2v) is 6.97. The predicted octanol–water partition coefficient (Wildman–Crippen LogP) is 3.49. The van der Waals surface area contributed by atoms with Crippen molar-refractivity contribution >= 4 is 11.7 Å². The van der Waals surface area contributed by atoms with E-state index in [1.54, 1.807) is 12.3 Å². The van der Waals surface area contributed by atoms with Crippen LogP contribution in [0.4, 0.5) is 0 Å². The van der Waals surface area contributed by atoms with E-state index in [4.69, 9.17) is 4.74 Å². The minimum Gasteiger partial charge on any atom is -0.494 e. The van der Waals surface area contributed by atoms with Crippen LogP contribution in [0.5, 0.6) is 5.75 Å². The predicted molar refractivity (Wildman–Crippen MR) is 103 cm³/mol. The zero-order valence-electron chi connectivity index (χ0n) is 16.0. The van der Waals surface area contributed by atoms with Gasteiger partial charge in [-0.25, -0.2) is 4.98 Å². The molecule has 6 nitrogen and oxygen atoms in total. The second kappa shape index (κ2) is 8.84. The maximum atomic E-state index is 12.5. The van der Waals surface area contributed by atoms with Gasteiger partial charge in [0.1, 0.15) is 11.6 Å². The smallest absolute Gasteiger partial charge is 0.223 e. The summed E-state index contributed by atoms with van der Waals surface area (Å²) >= 11 is 0. The van der Waals surface area contributed by atoms with Gasteiger partial charge >= 0.3 is 0 Å². The summed E-state index contributed by atoms with van der Waals surface area (Å²) in [6.07, 6.45) is 5.92. The number of nitrogens with zero attached hydrogens (tertiary/aromatic N) is 2. The Hall–Kier alpha value is -2.63. The molecular formula is C21H27N3O3. The Kier molecular flexibility index (Phi) is 6.27. The highest BCUT2D eigenvalue weighted by Crippen LogP contribution is 2.26. The highest BCUT2D eigenvalue weighted by molar-refractivity contribution is 5.98. The Morgan fingerprint density at radius 1 is 1.26 bits per heavy atom. The van der Waals surface area contributed by atoms with E-state index in [9.17, 15) is 9.59 Å². The first-order chi connectivity index (χ1) is 13.1. The number of hydrogen-bond donors (Lipinski definition) is 1. The molecule has 144 valence electrons. The van der Waals surface area contributed by atoms with Crippen LogP contribution in [-0.2, 0) is 4.79 Å². The van der Waals surface area contributed by atoms with Gasteiger partial charge in [0.25, 0.3) is 0 Å². The second-order valence-electron chi connectivity index (χ2n) is 6.97. The Balaban J connectivity index is 1.48. The number of ketones is 1. The van der Waals surface area contributed by atoms with Crippen LogP contribution in [0.15, 0.2) is 30.6 Å². The Bertz CT molecular complexity index is 778. The molecule has 1 fully saturated rings. The fraction of sp³-hybridized carbons (Fsp3) is 0.476. The lowest BCUT2D eigenvalue weighted by Gasteiger charge is -2.31. The summed E-state index contributed by atoms with van der Waals surface area (Å²) in [5, 5.41) is 0. The third-order valence-electron chi connectivity index (χ3n) is 5.12. The zero-order valence-corrected chi connectivity index (χ0v) is 16.0. The number of amides is 1. The molecule has 2 aromatic rings. The summed E-state index contributed by atoms with van der Waals surface area (Å²) in [7, 11) is 0. The van der Waals surface area contributed by atoms with Crippen LogP contribution >= 0.6 is 0 Å². The number of benzene rings is 1. The van der Waals surface area contributed by atoms with E-state index >= 15 is 0 Å². The number of Topliss-reactive ketones (excluding diaryl/α,β-unsaturated/α-hetero) is 1. The molecule has 0 aliphatic carbocycles. The van der Waals surface area contributed by atoms with Crippen molar-refractivity contribution in [1.82, 2.24) is 14.9 Å². The number of piperidine rings is 1. The van der Waals surface area contributed by atoms with Gasteiger partial charge in [0, 0.05) is 49.8 Å². The fourth-order valence-corrected chi connectivity index (χ4v) is 3.57. The number of likely N-dealkylation sites (tertiary alicyclic amines) is 1. The number of carbonyl (C=O) groups excluding carboxylic acids is 2. The number of ether oxygens (including phenoxy) is 1. The number of aromatic nitrogens is 2. The molecule has 0 bridgehead atoms. The SMILES string of the molecule is CCOc1ccc(C(=O)CCC(=O)N2CCC(c3ncc[nH]3)CC2)cc1C. The van der Waals surface area contributed by atoms with Crippen LogP contribution in [-0.4, -0.2) is 46.3 Å². The number of nitrogens with one attached hydrogen (secondary N) is 1. The third-order valence-corrected chi connectivity index (χ3v) is 5.12. The average Bonchev–Trinajstić information content (AvgIpc) is 3.22. The van der Waals surface area contributed by atoms with E-state index in [-0.39, 0.29) is 24.5 Å². The minimum atomic E-state index is -0.0000278. The number of imidazole rings is 1. The van der Waals surface area contributed by atoms with E-state index in [1.807, 2.05) is 37.1 Å². The molecule has 1 aromatic carbocycles. The van der Waals surface area contributed by atoms with Crippen molar-refractivity contribution in [3.8, 4) is 5.75 Å². The van der Waals surface area contributed by atoms with Crippen molar-refractivity contribution in [2.75, 3.05) is 19.7 Å². The Morgan fingerprint density at radius 2 is 2.04 bits per heavy atom. The quantitative estimate of drug-likeness (QED) is 0.758. The first-order valence-electron chi connectivity index (χ1n) is 9.62. The minimum absolute atomic E-state index is 0.0000278. The van der Waals surface area contributed by atoms with E-state index < -0.39 is 0 Å². The molecule has 0 saturated carbocycles. The number of rotatable bonds is 7.